The van der Waals surface area contributed by atoms with Gasteiger partial charge in [0, 0.05) is 10.0 Å². The van der Waals surface area contributed by atoms with Gasteiger partial charge in [-0.25, -0.2) is 4.98 Å². The van der Waals surface area contributed by atoms with Crippen molar-refractivity contribution in [1.29, 1.82) is 0 Å². The maximum Gasteiger partial charge on any atom is 0.259 e. The minimum absolute atomic E-state index is 0.187. The summed E-state index contributed by atoms with van der Waals surface area (Å²) in [6.07, 6.45) is 1.66. The Morgan fingerprint density at radius 1 is 1.29 bits per heavy atom. The number of aromatic nitrogens is 2. The fourth-order valence-electron chi connectivity index (χ4n) is 2.35. The number of nitrogens with one attached hydrogen (secondary N) is 1. The summed E-state index contributed by atoms with van der Waals surface area (Å²) < 4.78 is 11.7. The molecule has 24 heavy (non-hydrogen) atoms. The Kier molecular flexibility index (Phi) is 4.66. The smallest absolute Gasteiger partial charge is 0.259 e. The van der Waals surface area contributed by atoms with Crippen LogP contribution in [0.25, 0.3) is 22.3 Å². The quantitative estimate of drug-likeness (QED) is 0.674. The Morgan fingerprint density at radius 3 is 2.83 bits per heavy atom. The van der Waals surface area contributed by atoms with Crippen LogP contribution >= 0.6 is 15.9 Å². The summed E-state index contributed by atoms with van der Waals surface area (Å²) >= 11 is 3.50. The van der Waals surface area contributed by atoms with E-state index >= 15 is 0 Å². The van der Waals surface area contributed by atoms with Gasteiger partial charge in [0.05, 0.1) is 18.0 Å². The van der Waals surface area contributed by atoms with E-state index in [-0.39, 0.29) is 5.56 Å². The lowest BCUT2D eigenvalue weighted by atomic mass is 10.1. The number of para-hydroxylation sites is 1. The minimum atomic E-state index is -0.187. The summed E-state index contributed by atoms with van der Waals surface area (Å²) in [5.74, 6) is 1.58. The average molecular weight is 387 g/mol. The minimum Gasteiger partial charge on any atom is -0.493 e. The lowest BCUT2D eigenvalue weighted by molar-refractivity contribution is 0.326. The molecular weight excluding hydrogens is 372 g/mol. The second-order valence-corrected chi connectivity index (χ2v) is 5.87. The van der Waals surface area contributed by atoms with E-state index in [0.717, 1.165) is 4.47 Å². The summed E-state index contributed by atoms with van der Waals surface area (Å²) in [5, 5.41) is 0.551. The summed E-state index contributed by atoms with van der Waals surface area (Å²) in [6.45, 7) is 4.00. The van der Waals surface area contributed by atoms with E-state index in [1.54, 1.807) is 37.5 Å². The molecule has 0 spiro atoms. The fourth-order valence-corrected chi connectivity index (χ4v) is 2.86. The molecule has 0 saturated heterocycles. The van der Waals surface area contributed by atoms with Crippen molar-refractivity contribution >= 4 is 26.8 Å². The second-order valence-electron chi connectivity index (χ2n) is 5.01. The standard InChI is InChI=1S/C18H15BrN2O3/c1-3-8-24-16-10-13(19)12(9-15(16)23-2)17-20-14-7-5-4-6-11(14)18(22)21-17/h3-7,9-10H,1,8H2,2H3,(H,20,21,22). The Morgan fingerprint density at radius 2 is 2.08 bits per heavy atom. The number of benzene rings is 2. The van der Waals surface area contributed by atoms with Gasteiger partial charge in [-0.2, -0.15) is 0 Å². The zero-order valence-electron chi connectivity index (χ0n) is 13.0. The Hall–Kier alpha value is -2.60. The maximum atomic E-state index is 12.3. The third-order valence-electron chi connectivity index (χ3n) is 3.48. The number of halogens is 1. The van der Waals surface area contributed by atoms with Crippen molar-refractivity contribution in [2.24, 2.45) is 0 Å². The van der Waals surface area contributed by atoms with Crippen LogP contribution in [-0.2, 0) is 0 Å². The molecule has 0 atom stereocenters. The average Bonchev–Trinajstić information content (AvgIpc) is 2.60. The first-order valence-electron chi connectivity index (χ1n) is 7.24. The zero-order chi connectivity index (χ0) is 17.1. The third kappa shape index (κ3) is 3.05. The summed E-state index contributed by atoms with van der Waals surface area (Å²) in [5.41, 5.74) is 1.16. The van der Waals surface area contributed by atoms with Gasteiger partial charge in [-0.1, -0.05) is 24.8 Å². The van der Waals surface area contributed by atoms with Gasteiger partial charge in [0.1, 0.15) is 12.4 Å². The molecule has 2 aromatic carbocycles. The van der Waals surface area contributed by atoms with Crippen molar-refractivity contribution in [2.45, 2.75) is 0 Å². The number of aromatic amines is 1. The van der Waals surface area contributed by atoms with Gasteiger partial charge in [0.25, 0.3) is 5.56 Å². The number of hydrogen-bond acceptors (Lipinski definition) is 4. The van der Waals surface area contributed by atoms with Crippen LogP contribution in [0.2, 0.25) is 0 Å². The molecule has 1 aromatic heterocycles. The molecule has 5 nitrogen and oxygen atoms in total. The molecule has 122 valence electrons. The van der Waals surface area contributed by atoms with Crippen LogP contribution in [0.4, 0.5) is 0 Å². The highest BCUT2D eigenvalue weighted by atomic mass is 79.9. The van der Waals surface area contributed by atoms with Gasteiger partial charge >= 0.3 is 0 Å². The number of fused-ring (bicyclic) bond motifs is 1. The van der Waals surface area contributed by atoms with Gasteiger partial charge in [-0.3, -0.25) is 4.79 Å². The molecule has 0 aliphatic heterocycles. The molecule has 0 aliphatic carbocycles. The normalized spacial score (nSPS) is 10.6. The van der Waals surface area contributed by atoms with Crippen LogP contribution in [-0.4, -0.2) is 23.7 Å². The number of H-pyrrole nitrogens is 1. The first-order chi connectivity index (χ1) is 11.6. The van der Waals surface area contributed by atoms with Gasteiger partial charge in [-0.05, 0) is 40.2 Å². The molecule has 0 aliphatic rings. The van der Waals surface area contributed by atoms with Crippen molar-refractivity contribution in [3.05, 3.63) is 63.9 Å². The van der Waals surface area contributed by atoms with Crippen LogP contribution in [0, 0.1) is 0 Å². The van der Waals surface area contributed by atoms with Crippen LogP contribution < -0.4 is 15.0 Å². The molecule has 0 bridgehead atoms. The molecule has 6 heteroatoms. The van der Waals surface area contributed by atoms with Crippen LogP contribution in [0.3, 0.4) is 0 Å². The largest absolute Gasteiger partial charge is 0.493 e. The highest BCUT2D eigenvalue weighted by molar-refractivity contribution is 9.10. The van der Waals surface area contributed by atoms with Gasteiger partial charge in [0.2, 0.25) is 0 Å². The van der Waals surface area contributed by atoms with E-state index in [1.165, 1.54) is 0 Å². The Bertz CT molecular complexity index is 966. The van der Waals surface area contributed by atoms with Gasteiger partial charge in [-0.15, -0.1) is 0 Å². The van der Waals surface area contributed by atoms with Gasteiger partial charge in [0.15, 0.2) is 11.5 Å². The molecule has 0 amide bonds. The first-order valence-corrected chi connectivity index (χ1v) is 8.04. The van der Waals surface area contributed by atoms with Crippen LogP contribution in [0.15, 0.2) is 58.3 Å². The molecular formula is C18H15BrN2O3. The van der Waals surface area contributed by atoms with E-state index < -0.39 is 0 Å². The van der Waals surface area contributed by atoms with E-state index in [0.29, 0.717) is 40.4 Å². The maximum absolute atomic E-state index is 12.3. The molecule has 0 unspecified atom stereocenters. The van der Waals surface area contributed by atoms with Gasteiger partial charge < -0.3 is 14.5 Å². The summed E-state index contributed by atoms with van der Waals surface area (Å²) in [6, 6.07) is 10.8. The third-order valence-corrected chi connectivity index (χ3v) is 4.13. The van der Waals surface area contributed by atoms with Crippen molar-refractivity contribution in [3.63, 3.8) is 0 Å². The molecule has 0 radical (unpaired) electrons. The molecule has 0 fully saturated rings. The number of nitrogens with zero attached hydrogens (tertiary/aromatic N) is 1. The molecule has 1 N–H and O–H groups in total. The molecule has 1 heterocycles. The van der Waals surface area contributed by atoms with Crippen molar-refractivity contribution < 1.29 is 9.47 Å². The van der Waals surface area contributed by atoms with E-state index in [4.69, 9.17) is 9.47 Å². The van der Waals surface area contributed by atoms with E-state index in [1.807, 2.05) is 12.1 Å². The Balaban J connectivity index is 2.15. The predicted molar refractivity (Wildman–Crippen MR) is 97.7 cm³/mol. The number of methoxy groups -OCH3 is 1. The van der Waals surface area contributed by atoms with Crippen molar-refractivity contribution in [3.8, 4) is 22.9 Å². The zero-order valence-corrected chi connectivity index (χ0v) is 14.6. The highest BCUT2D eigenvalue weighted by Gasteiger charge is 2.14. The second kappa shape index (κ2) is 6.88. The van der Waals surface area contributed by atoms with Crippen molar-refractivity contribution in [2.75, 3.05) is 13.7 Å². The fraction of sp³-hybridized carbons (Fsp3) is 0.111. The van der Waals surface area contributed by atoms with Crippen molar-refractivity contribution in [1.82, 2.24) is 9.97 Å². The molecule has 3 aromatic rings. The number of hydrogen-bond donors (Lipinski definition) is 1. The summed E-state index contributed by atoms with van der Waals surface area (Å²) in [7, 11) is 1.56. The number of ether oxygens (including phenoxy) is 2. The predicted octanol–water partition coefficient (Wildman–Crippen LogP) is 3.93. The first kappa shape index (κ1) is 16.3. The summed E-state index contributed by atoms with van der Waals surface area (Å²) in [4.78, 5) is 19.6. The van der Waals surface area contributed by atoms with E-state index in [2.05, 4.69) is 32.5 Å². The number of rotatable bonds is 5. The molecule has 3 rings (SSSR count). The monoisotopic (exact) mass is 386 g/mol. The lowest BCUT2D eigenvalue weighted by Crippen LogP contribution is -2.09. The highest BCUT2D eigenvalue weighted by Crippen LogP contribution is 2.37. The topological polar surface area (TPSA) is 64.2 Å². The Labute approximate surface area is 147 Å². The van der Waals surface area contributed by atoms with E-state index in [9.17, 15) is 4.79 Å². The van der Waals surface area contributed by atoms with Crippen LogP contribution in [0.5, 0.6) is 11.5 Å². The SMILES string of the molecule is C=CCOc1cc(Br)c(-c2nc3ccccc3c(=O)[nH]2)cc1OC. The molecule has 0 saturated carbocycles. The lowest BCUT2D eigenvalue weighted by Gasteiger charge is -2.13. The van der Waals surface area contributed by atoms with Crippen LogP contribution in [0.1, 0.15) is 0 Å².